The summed E-state index contributed by atoms with van der Waals surface area (Å²) in [5, 5.41) is 17.5. The summed E-state index contributed by atoms with van der Waals surface area (Å²) in [5.41, 5.74) is 0. The first-order valence-corrected chi connectivity index (χ1v) is 4.48. The molecule has 0 spiro atoms. The van der Waals surface area contributed by atoms with Gasteiger partial charge in [0.1, 0.15) is 0 Å². The average molecular weight is 186 g/mol. The quantitative estimate of drug-likeness (QED) is 0.679. The van der Waals surface area contributed by atoms with Crippen LogP contribution in [-0.2, 0) is 9.59 Å². The molecule has 0 radical (unpaired) electrons. The predicted molar refractivity (Wildman–Crippen MR) is 45.3 cm³/mol. The fraction of sp³-hybridized carbons (Fsp3) is 0.778. The van der Waals surface area contributed by atoms with Crippen LogP contribution in [0, 0.1) is 17.8 Å². The Morgan fingerprint density at radius 1 is 1.15 bits per heavy atom. The van der Waals surface area contributed by atoms with Gasteiger partial charge in [-0.25, -0.2) is 0 Å². The van der Waals surface area contributed by atoms with Gasteiger partial charge in [0.05, 0.1) is 11.8 Å². The summed E-state index contributed by atoms with van der Waals surface area (Å²) in [6.07, 6.45) is 1.48. The van der Waals surface area contributed by atoms with E-state index in [-0.39, 0.29) is 17.8 Å². The molecule has 3 atom stereocenters. The first-order chi connectivity index (χ1) is 6.02. The van der Waals surface area contributed by atoms with Crippen molar-refractivity contribution in [2.24, 2.45) is 17.8 Å². The second kappa shape index (κ2) is 3.77. The molecule has 1 aliphatic rings. The van der Waals surface area contributed by atoms with Crippen molar-refractivity contribution >= 4 is 11.9 Å². The average Bonchev–Trinajstić information content (AvgIpc) is 2.03. The molecule has 0 aliphatic heterocycles. The van der Waals surface area contributed by atoms with Gasteiger partial charge in [-0.05, 0) is 25.2 Å². The maximum atomic E-state index is 10.7. The SMILES string of the molecule is CC1CC(C(=O)O)CCC1C(=O)O. The van der Waals surface area contributed by atoms with Gasteiger partial charge in [0.2, 0.25) is 0 Å². The Morgan fingerprint density at radius 3 is 2.15 bits per heavy atom. The molecule has 1 aliphatic carbocycles. The number of carbonyl (C=O) groups is 2. The minimum Gasteiger partial charge on any atom is -0.481 e. The van der Waals surface area contributed by atoms with Crippen LogP contribution in [0.25, 0.3) is 0 Å². The molecule has 1 fully saturated rings. The van der Waals surface area contributed by atoms with Crippen LogP contribution in [0.5, 0.6) is 0 Å². The van der Waals surface area contributed by atoms with E-state index in [9.17, 15) is 9.59 Å². The molecule has 0 heterocycles. The van der Waals surface area contributed by atoms with Crippen molar-refractivity contribution in [2.45, 2.75) is 26.2 Å². The van der Waals surface area contributed by atoms with Gasteiger partial charge in [0.15, 0.2) is 0 Å². The van der Waals surface area contributed by atoms with Crippen molar-refractivity contribution in [3.05, 3.63) is 0 Å². The van der Waals surface area contributed by atoms with Crippen LogP contribution in [0.3, 0.4) is 0 Å². The Kier molecular flexibility index (Phi) is 2.90. The number of carboxylic acid groups (broad SMARTS) is 2. The highest BCUT2D eigenvalue weighted by Gasteiger charge is 2.34. The highest BCUT2D eigenvalue weighted by molar-refractivity contribution is 5.73. The van der Waals surface area contributed by atoms with Crippen LogP contribution >= 0.6 is 0 Å². The number of hydrogen-bond donors (Lipinski definition) is 2. The molecular formula is C9H14O4. The second-order valence-corrected chi connectivity index (χ2v) is 3.77. The van der Waals surface area contributed by atoms with Crippen molar-refractivity contribution < 1.29 is 19.8 Å². The molecule has 0 amide bonds. The van der Waals surface area contributed by atoms with E-state index in [1.165, 1.54) is 0 Å². The van der Waals surface area contributed by atoms with Crippen LogP contribution in [0.1, 0.15) is 26.2 Å². The fourth-order valence-corrected chi connectivity index (χ4v) is 1.99. The van der Waals surface area contributed by atoms with Crippen LogP contribution in [0.2, 0.25) is 0 Å². The molecule has 0 aromatic carbocycles. The number of carboxylic acids is 2. The molecule has 0 aromatic rings. The summed E-state index contributed by atoms with van der Waals surface area (Å²) >= 11 is 0. The van der Waals surface area contributed by atoms with E-state index in [1.54, 1.807) is 0 Å². The highest BCUT2D eigenvalue weighted by Crippen LogP contribution is 2.33. The van der Waals surface area contributed by atoms with E-state index in [1.807, 2.05) is 6.92 Å². The van der Waals surface area contributed by atoms with Gasteiger partial charge < -0.3 is 10.2 Å². The first kappa shape index (κ1) is 10.0. The van der Waals surface area contributed by atoms with E-state index >= 15 is 0 Å². The molecule has 74 valence electrons. The Hall–Kier alpha value is -1.06. The van der Waals surface area contributed by atoms with Crippen LogP contribution < -0.4 is 0 Å². The van der Waals surface area contributed by atoms with Gasteiger partial charge in [-0.2, -0.15) is 0 Å². The summed E-state index contributed by atoms with van der Waals surface area (Å²) in [6, 6.07) is 0. The number of rotatable bonds is 2. The van der Waals surface area contributed by atoms with E-state index in [4.69, 9.17) is 10.2 Å². The van der Waals surface area contributed by atoms with Gasteiger partial charge in [-0.1, -0.05) is 6.92 Å². The fourth-order valence-electron chi connectivity index (χ4n) is 1.99. The minimum atomic E-state index is -0.796. The third kappa shape index (κ3) is 2.20. The molecule has 1 saturated carbocycles. The largest absolute Gasteiger partial charge is 0.481 e. The van der Waals surface area contributed by atoms with E-state index in [0.29, 0.717) is 19.3 Å². The number of aliphatic carboxylic acids is 2. The molecule has 4 nitrogen and oxygen atoms in total. The second-order valence-electron chi connectivity index (χ2n) is 3.77. The van der Waals surface area contributed by atoms with Crippen molar-refractivity contribution in [3.8, 4) is 0 Å². The molecule has 2 N–H and O–H groups in total. The maximum absolute atomic E-state index is 10.7. The third-order valence-corrected chi connectivity index (χ3v) is 2.84. The molecule has 3 unspecified atom stereocenters. The monoisotopic (exact) mass is 186 g/mol. The Morgan fingerprint density at radius 2 is 1.77 bits per heavy atom. The molecular weight excluding hydrogens is 172 g/mol. The molecule has 4 heteroatoms. The molecule has 0 saturated heterocycles. The number of hydrogen-bond acceptors (Lipinski definition) is 2. The van der Waals surface area contributed by atoms with Gasteiger partial charge >= 0.3 is 11.9 Å². The molecule has 1 rings (SSSR count). The van der Waals surface area contributed by atoms with Gasteiger partial charge in [-0.15, -0.1) is 0 Å². The maximum Gasteiger partial charge on any atom is 0.306 e. The summed E-state index contributed by atoms with van der Waals surface area (Å²) in [7, 11) is 0. The summed E-state index contributed by atoms with van der Waals surface area (Å²) in [6.45, 7) is 1.81. The zero-order valence-electron chi connectivity index (χ0n) is 7.56. The normalized spacial score (nSPS) is 34.1. The van der Waals surface area contributed by atoms with Crippen molar-refractivity contribution in [1.29, 1.82) is 0 Å². The Labute approximate surface area is 76.6 Å². The summed E-state index contributed by atoms with van der Waals surface area (Å²) in [5.74, 6) is -2.31. The van der Waals surface area contributed by atoms with Gasteiger partial charge in [0, 0.05) is 0 Å². The van der Waals surface area contributed by atoms with Gasteiger partial charge in [-0.3, -0.25) is 9.59 Å². The smallest absolute Gasteiger partial charge is 0.306 e. The van der Waals surface area contributed by atoms with Crippen LogP contribution in [-0.4, -0.2) is 22.2 Å². The zero-order valence-corrected chi connectivity index (χ0v) is 7.56. The van der Waals surface area contributed by atoms with E-state index in [0.717, 1.165) is 0 Å². The standard InChI is InChI=1S/C9H14O4/c1-5-4-6(8(10)11)2-3-7(5)9(12)13/h5-7H,2-4H2,1H3,(H,10,11)(H,12,13). The Balaban J connectivity index is 2.56. The van der Waals surface area contributed by atoms with E-state index < -0.39 is 11.9 Å². The summed E-state index contributed by atoms with van der Waals surface area (Å²) in [4.78, 5) is 21.3. The van der Waals surface area contributed by atoms with Crippen LogP contribution in [0.4, 0.5) is 0 Å². The lowest BCUT2D eigenvalue weighted by atomic mass is 9.75. The zero-order chi connectivity index (χ0) is 10.0. The lowest BCUT2D eigenvalue weighted by Gasteiger charge is -2.29. The first-order valence-electron chi connectivity index (χ1n) is 4.48. The summed E-state index contributed by atoms with van der Waals surface area (Å²) < 4.78 is 0. The topological polar surface area (TPSA) is 74.6 Å². The lowest BCUT2D eigenvalue weighted by Crippen LogP contribution is -2.31. The molecule has 0 bridgehead atoms. The van der Waals surface area contributed by atoms with Gasteiger partial charge in [0.25, 0.3) is 0 Å². The minimum absolute atomic E-state index is 0.0210. The van der Waals surface area contributed by atoms with Crippen molar-refractivity contribution in [3.63, 3.8) is 0 Å². The highest BCUT2D eigenvalue weighted by atomic mass is 16.4. The molecule has 0 aromatic heterocycles. The van der Waals surface area contributed by atoms with Crippen molar-refractivity contribution in [2.75, 3.05) is 0 Å². The van der Waals surface area contributed by atoms with Crippen molar-refractivity contribution in [1.82, 2.24) is 0 Å². The van der Waals surface area contributed by atoms with E-state index in [2.05, 4.69) is 0 Å². The third-order valence-electron chi connectivity index (χ3n) is 2.84. The lowest BCUT2D eigenvalue weighted by molar-refractivity contribution is -0.150. The predicted octanol–water partition coefficient (Wildman–Crippen LogP) is 1.21. The Bertz CT molecular complexity index is 224. The molecule has 13 heavy (non-hydrogen) atoms. The van der Waals surface area contributed by atoms with Crippen LogP contribution in [0.15, 0.2) is 0 Å².